The van der Waals surface area contributed by atoms with Gasteiger partial charge in [0.15, 0.2) is 6.61 Å². The molecule has 5 heteroatoms. The molecule has 0 fully saturated rings. The Morgan fingerprint density at radius 1 is 1.25 bits per heavy atom. The number of ether oxygens (including phenoxy) is 1. The number of aryl methyl sites for hydroxylation is 2. The lowest BCUT2D eigenvalue weighted by Gasteiger charge is -2.16. The van der Waals surface area contributed by atoms with E-state index < -0.39 is 11.7 Å². The Hall–Kier alpha value is -2.07. The number of amides is 1. The zero-order valence-corrected chi connectivity index (χ0v) is 15.0. The minimum absolute atomic E-state index is 0.153. The Morgan fingerprint density at radius 3 is 2.62 bits per heavy atom. The van der Waals surface area contributed by atoms with Crippen LogP contribution >= 0.6 is 11.6 Å². The number of halogens is 2. The molecule has 0 saturated carbocycles. The summed E-state index contributed by atoms with van der Waals surface area (Å²) in [6.07, 6.45) is 0. The van der Waals surface area contributed by atoms with Crippen LogP contribution in [-0.2, 0) is 4.79 Å². The molecule has 24 heavy (non-hydrogen) atoms. The van der Waals surface area contributed by atoms with Crippen molar-refractivity contribution in [3.05, 3.63) is 57.9 Å². The summed E-state index contributed by atoms with van der Waals surface area (Å²) in [5.41, 5.74) is 2.82. The van der Waals surface area contributed by atoms with Gasteiger partial charge in [-0.2, -0.15) is 0 Å². The maximum absolute atomic E-state index is 13.7. The molecule has 128 valence electrons. The van der Waals surface area contributed by atoms with Crippen molar-refractivity contribution in [3.8, 4) is 5.75 Å². The van der Waals surface area contributed by atoms with Gasteiger partial charge in [0.1, 0.15) is 11.6 Å². The highest BCUT2D eigenvalue weighted by molar-refractivity contribution is 6.31. The quantitative estimate of drug-likeness (QED) is 0.801. The third kappa shape index (κ3) is 4.48. The second-order valence-electron chi connectivity index (χ2n) is 6.11. The van der Waals surface area contributed by atoms with Crippen LogP contribution < -0.4 is 10.1 Å². The van der Waals surface area contributed by atoms with Crippen molar-refractivity contribution in [2.24, 2.45) is 0 Å². The predicted molar refractivity (Wildman–Crippen MR) is 95.5 cm³/mol. The van der Waals surface area contributed by atoms with E-state index >= 15 is 0 Å². The Balaban J connectivity index is 2.09. The monoisotopic (exact) mass is 349 g/mol. The summed E-state index contributed by atoms with van der Waals surface area (Å²) in [5, 5.41) is 3.20. The van der Waals surface area contributed by atoms with Gasteiger partial charge in [0, 0.05) is 5.02 Å². The second kappa shape index (κ2) is 7.67. The van der Waals surface area contributed by atoms with Crippen molar-refractivity contribution in [1.82, 2.24) is 0 Å². The largest absolute Gasteiger partial charge is 0.483 e. The summed E-state index contributed by atoms with van der Waals surface area (Å²) in [5.74, 6) is -0.0666. The van der Waals surface area contributed by atoms with Crippen molar-refractivity contribution in [1.29, 1.82) is 0 Å². The predicted octanol–water partition coefficient (Wildman–Crippen LogP) is 5.24. The lowest BCUT2D eigenvalue weighted by Crippen LogP contribution is -2.21. The molecule has 0 atom stereocenters. The minimum Gasteiger partial charge on any atom is -0.483 e. The average molecular weight is 350 g/mol. The highest BCUT2D eigenvalue weighted by atomic mass is 35.5. The summed E-state index contributed by atoms with van der Waals surface area (Å²) in [4.78, 5) is 12.1. The molecule has 0 aromatic heterocycles. The number of carbonyl (C=O) groups is 1. The van der Waals surface area contributed by atoms with Gasteiger partial charge in [-0.3, -0.25) is 4.79 Å². The molecule has 0 aliphatic rings. The van der Waals surface area contributed by atoms with Crippen molar-refractivity contribution in [3.63, 3.8) is 0 Å². The number of rotatable bonds is 5. The van der Waals surface area contributed by atoms with E-state index in [4.69, 9.17) is 16.3 Å². The van der Waals surface area contributed by atoms with Crippen molar-refractivity contribution < 1.29 is 13.9 Å². The van der Waals surface area contributed by atoms with E-state index in [9.17, 15) is 9.18 Å². The third-order valence-electron chi connectivity index (χ3n) is 3.67. The summed E-state index contributed by atoms with van der Waals surface area (Å²) >= 11 is 6.16. The fraction of sp³-hybridized carbons (Fsp3) is 0.316. The van der Waals surface area contributed by atoms with E-state index in [0.29, 0.717) is 10.8 Å². The molecule has 0 aliphatic carbocycles. The van der Waals surface area contributed by atoms with Crippen molar-refractivity contribution in [2.45, 2.75) is 33.6 Å². The van der Waals surface area contributed by atoms with Crippen LogP contribution in [0.3, 0.4) is 0 Å². The van der Waals surface area contributed by atoms with Crippen LogP contribution in [0.2, 0.25) is 5.02 Å². The number of hydrogen-bond acceptors (Lipinski definition) is 2. The third-order valence-corrected chi connectivity index (χ3v) is 4.07. The fourth-order valence-electron chi connectivity index (χ4n) is 2.31. The van der Waals surface area contributed by atoms with E-state index in [2.05, 4.69) is 5.32 Å². The fourth-order valence-corrected chi connectivity index (χ4v) is 2.48. The minimum atomic E-state index is -0.473. The smallest absolute Gasteiger partial charge is 0.262 e. The van der Waals surface area contributed by atoms with Crippen LogP contribution in [-0.4, -0.2) is 12.5 Å². The lowest BCUT2D eigenvalue weighted by atomic mass is 10.0. The first-order valence-corrected chi connectivity index (χ1v) is 8.14. The molecule has 1 N–H and O–H groups in total. The number of hydrogen-bond donors (Lipinski definition) is 1. The summed E-state index contributed by atoms with van der Waals surface area (Å²) < 4.78 is 19.3. The van der Waals surface area contributed by atoms with Crippen LogP contribution in [0.15, 0.2) is 30.3 Å². The zero-order valence-electron chi connectivity index (χ0n) is 14.2. The Morgan fingerprint density at radius 2 is 1.96 bits per heavy atom. The normalized spacial score (nSPS) is 10.8. The molecule has 2 aromatic carbocycles. The topological polar surface area (TPSA) is 38.3 Å². The number of benzene rings is 2. The Labute approximate surface area is 146 Å². The average Bonchev–Trinajstić information content (AvgIpc) is 2.51. The van der Waals surface area contributed by atoms with Gasteiger partial charge < -0.3 is 10.1 Å². The molecule has 0 aliphatic heterocycles. The van der Waals surface area contributed by atoms with E-state index in [0.717, 1.165) is 16.7 Å². The van der Waals surface area contributed by atoms with Gasteiger partial charge in [-0.15, -0.1) is 0 Å². The molecule has 2 rings (SSSR count). The van der Waals surface area contributed by atoms with Crippen LogP contribution in [0, 0.1) is 19.7 Å². The zero-order chi connectivity index (χ0) is 17.9. The van der Waals surface area contributed by atoms with E-state index in [1.165, 1.54) is 6.07 Å². The first-order valence-electron chi connectivity index (χ1n) is 7.76. The number of anilines is 1. The van der Waals surface area contributed by atoms with E-state index in [1.54, 1.807) is 12.1 Å². The molecule has 0 bridgehead atoms. The molecule has 0 saturated heterocycles. The number of carbonyl (C=O) groups excluding carboxylic acids is 1. The van der Waals surface area contributed by atoms with Gasteiger partial charge in [0.2, 0.25) is 0 Å². The second-order valence-corrected chi connectivity index (χ2v) is 6.52. The summed E-state index contributed by atoms with van der Waals surface area (Å²) in [6, 6.07) is 8.23. The van der Waals surface area contributed by atoms with Crippen LogP contribution in [0.1, 0.15) is 36.5 Å². The Bertz CT molecular complexity index is 759. The van der Waals surface area contributed by atoms with Gasteiger partial charge in [-0.1, -0.05) is 31.5 Å². The van der Waals surface area contributed by atoms with Gasteiger partial charge in [0.05, 0.1) is 5.69 Å². The number of nitrogens with one attached hydrogen (secondary N) is 1. The van der Waals surface area contributed by atoms with Crippen molar-refractivity contribution >= 4 is 23.2 Å². The molecule has 0 heterocycles. The first kappa shape index (κ1) is 18.3. The molecule has 2 aromatic rings. The molecule has 0 spiro atoms. The molecule has 0 radical (unpaired) electrons. The molecular weight excluding hydrogens is 329 g/mol. The maximum atomic E-state index is 13.7. The molecule has 3 nitrogen and oxygen atoms in total. The van der Waals surface area contributed by atoms with Gasteiger partial charge in [0.25, 0.3) is 5.91 Å². The summed E-state index contributed by atoms with van der Waals surface area (Å²) in [6.45, 7) is 7.55. The van der Waals surface area contributed by atoms with Crippen LogP contribution in [0.4, 0.5) is 10.1 Å². The van der Waals surface area contributed by atoms with Gasteiger partial charge in [-0.25, -0.2) is 4.39 Å². The Kier molecular flexibility index (Phi) is 5.84. The molecule has 1 amide bonds. The van der Waals surface area contributed by atoms with Crippen LogP contribution in [0.25, 0.3) is 0 Å². The van der Waals surface area contributed by atoms with E-state index in [1.807, 2.05) is 39.8 Å². The highest BCUT2D eigenvalue weighted by Gasteiger charge is 2.13. The molecular formula is C19H21ClFNO2. The highest BCUT2D eigenvalue weighted by Crippen LogP contribution is 2.32. The van der Waals surface area contributed by atoms with E-state index in [-0.39, 0.29) is 18.2 Å². The first-order chi connectivity index (χ1) is 11.3. The van der Waals surface area contributed by atoms with Crippen molar-refractivity contribution in [2.75, 3.05) is 11.9 Å². The van der Waals surface area contributed by atoms with Gasteiger partial charge >= 0.3 is 0 Å². The van der Waals surface area contributed by atoms with Crippen LogP contribution in [0.5, 0.6) is 5.75 Å². The standard InChI is InChI=1S/C19H21ClFNO2/c1-11(2)14-9-15(20)13(4)8-18(14)24-10-19(23)22-17-7-12(3)5-6-16(17)21/h5-9,11H,10H2,1-4H3,(H,22,23). The van der Waals surface area contributed by atoms with Gasteiger partial charge in [-0.05, 0) is 60.7 Å². The summed E-state index contributed by atoms with van der Waals surface area (Å²) in [7, 11) is 0. The molecule has 0 unspecified atom stereocenters. The maximum Gasteiger partial charge on any atom is 0.262 e. The lowest BCUT2D eigenvalue weighted by molar-refractivity contribution is -0.118. The SMILES string of the molecule is Cc1ccc(F)c(NC(=O)COc2cc(C)c(Cl)cc2C(C)C)c1.